The Labute approximate surface area is 264 Å². The minimum atomic E-state index is -0.359. The maximum Gasteiger partial charge on any atom is 0.165 e. The minimum absolute atomic E-state index is 0.0405. The lowest BCUT2D eigenvalue weighted by Gasteiger charge is -2.45. The normalized spacial score (nSPS) is 21.9. The van der Waals surface area contributed by atoms with Crippen molar-refractivity contribution in [1.82, 2.24) is 0 Å². The summed E-state index contributed by atoms with van der Waals surface area (Å²) < 4.78 is 33.6. The zero-order chi connectivity index (χ0) is 30.2. The fourth-order valence-corrected chi connectivity index (χ4v) is 7.67. The van der Waals surface area contributed by atoms with Crippen LogP contribution in [0.25, 0.3) is 0 Å². The summed E-state index contributed by atoms with van der Waals surface area (Å²) in [6.45, 7) is 7.84. The van der Waals surface area contributed by atoms with Crippen molar-refractivity contribution in [3.05, 3.63) is 136 Å². The predicted molar refractivity (Wildman–Crippen MR) is 175 cm³/mol. The third kappa shape index (κ3) is 8.02. The fraction of sp³-hybridized carbons (Fsp3) is 0.351. The third-order valence-corrected chi connectivity index (χ3v) is 10.4. The van der Waals surface area contributed by atoms with E-state index >= 15 is 0 Å². The van der Waals surface area contributed by atoms with Crippen LogP contribution >= 0.6 is 23.4 Å². The molecule has 5 rings (SSSR count). The predicted octanol–water partition coefficient (Wildman–Crippen LogP) is 9.84. The first-order chi connectivity index (χ1) is 21.0. The maximum absolute atomic E-state index is 14.7. The summed E-state index contributed by atoms with van der Waals surface area (Å²) in [6.07, 6.45) is 1.28. The number of hydrogen-bond donors (Lipinski definition) is 0. The van der Waals surface area contributed by atoms with Crippen LogP contribution in [-0.4, -0.2) is 24.1 Å². The topological polar surface area (TPSA) is 27.7 Å². The average molecular weight is 619 g/mol. The highest BCUT2D eigenvalue weighted by atomic mass is 35.5. The number of ether oxygens (including phenoxy) is 3. The third-order valence-electron chi connectivity index (χ3n) is 8.11. The molecule has 1 fully saturated rings. The molecule has 0 aromatic heterocycles. The summed E-state index contributed by atoms with van der Waals surface area (Å²) in [5, 5.41) is 1.11. The van der Waals surface area contributed by atoms with Gasteiger partial charge in [-0.05, 0) is 71.7 Å². The quantitative estimate of drug-likeness (QED) is 0.158. The summed E-state index contributed by atoms with van der Waals surface area (Å²) in [4.78, 5) is 0. The summed E-state index contributed by atoms with van der Waals surface area (Å²) in [7, 11) is 0. The van der Waals surface area contributed by atoms with Gasteiger partial charge in [-0.2, -0.15) is 0 Å². The second-order valence-corrected chi connectivity index (χ2v) is 12.9. The van der Waals surface area contributed by atoms with Gasteiger partial charge in [0.15, 0.2) is 11.6 Å². The van der Waals surface area contributed by atoms with Crippen LogP contribution in [0.5, 0.6) is 5.75 Å². The second-order valence-electron chi connectivity index (χ2n) is 11.1. The van der Waals surface area contributed by atoms with Crippen molar-refractivity contribution in [2.24, 2.45) is 5.92 Å². The lowest BCUT2D eigenvalue weighted by atomic mass is 9.89. The summed E-state index contributed by atoms with van der Waals surface area (Å²) >= 11 is 8.70. The smallest absolute Gasteiger partial charge is 0.165 e. The Morgan fingerprint density at radius 1 is 0.767 bits per heavy atom. The van der Waals surface area contributed by atoms with Crippen LogP contribution in [0.3, 0.4) is 0 Å². The molecule has 0 N–H and O–H groups in total. The van der Waals surface area contributed by atoms with Gasteiger partial charge in [0.1, 0.15) is 6.10 Å². The molecule has 0 unspecified atom stereocenters. The summed E-state index contributed by atoms with van der Waals surface area (Å²) in [6, 6.07) is 32.0. The lowest BCUT2D eigenvalue weighted by Crippen LogP contribution is -2.48. The molecule has 43 heavy (non-hydrogen) atoms. The SMILES string of the molecule is CCOc1ccc(Cc2cc([C@@H]3S[C@H](CC)[C@@H](C)[C@H](OCc4ccccc4)[C@H]3OCc3ccccc3)ccc2Cl)cc1F. The molecular weight excluding hydrogens is 579 g/mol. The van der Waals surface area contributed by atoms with Crippen molar-refractivity contribution in [2.75, 3.05) is 6.61 Å². The van der Waals surface area contributed by atoms with Crippen molar-refractivity contribution in [3.8, 4) is 5.75 Å². The van der Waals surface area contributed by atoms with Gasteiger partial charge in [0, 0.05) is 10.3 Å². The molecule has 1 aliphatic rings. The minimum Gasteiger partial charge on any atom is -0.491 e. The Morgan fingerprint density at radius 3 is 2.02 bits per heavy atom. The number of hydrogen-bond acceptors (Lipinski definition) is 4. The summed E-state index contributed by atoms with van der Waals surface area (Å²) in [5.41, 5.74) is 5.23. The largest absolute Gasteiger partial charge is 0.491 e. The fourth-order valence-electron chi connectivity index (χ4n) is 5.83. The molecule has 0 radical (unpaired) electrons. The van der Waals surface area contributed by atoms with Crippen LogP contribution < -0.4 is 4.74 Å². The van der Waals surface area contributed by atoms with Gasteiger partial charge in [-0.15, -0.1) is 11.8 Å². The van der Waals surface area contributed by atoms with E-state index in [1.807, 2.05) is 67.2 Å². The molecule has 1 aliphatic heterocycles. The van der Waals surface area contributed by atoms with Gasteiger partial charge >= 0.3 is 0 Å². The Morgan fingerprint density at radius 2 is 1.42 bits per heavy atom. The summed E-state index contributed by atoms with van der Waals surface area (Å²) in [5.74, 6) is 0.209. The van der Waals surface area contributed by atoms with Crippen molar-refractivity contribution in [1.29, 1.82) is 0 Å². The van der Waals surface area contributed by atoms with E-state index in [4.69, 9.17) is 25.8 Å². The standard InChI is InChI=1S/C37H40ClFO3S/c1-4-34-25(3)35(41-23-26-12-8-6-9-13-26)36(42-24-27-14-10-7-11-15-27)37(43-34)29-17-18-31(38)30(22-29)20-28-16-19-33(40-5-2)32(39)21-28/h6-19,21-22,25,34-37H,4-5,20,23-24H2,1-3H3/t25-,34-,35+,36-,37+/m1/s1. The van der Waals surface area contributed by atoms with Gasteiger partial charge in [0.2, 0.25) is 0 Å². The van der Waals surface area contributed by atoms with E-state index in [1.165, 1.54) is 6.07 Å². The molecule has 0 amide bonds. The second kappa shape index (κ2) is 15.3. The Balaban J connectivity index is 1.45. The molecule has 3 nitrogen and oxygen atoms in total. The zero-order valence-corrected chi connectivity index (χ0v) is 26.6. The van der Waals surface area contributed by atoms with Gasteiger partial charge in [-0.25, -0.2) is 4.39 Å². The maximum atomic E-state index is 14.7. The Bertz CT molecular complexity index is 1450. The van der Waals surface area contributed by atoms with Crippen molar-refractivity contribution in [3.63, 3.8) is 0 Å². The number of halogens is 2. The number of benzene rings is 4. The first kappa shape index (κ1) is 31.6. The number of rotatable bonds is 12. The van der Waals surface area contributed by atoms with Crippen molar-refractivity contribution >= 4 is 23.4 Å². The van der Waals surface area contributed by atoms with Crippen LogP contribution in [-0.2, 0) is 29.1 Å². The van der Waals surface area contributed by atoms with E-state index in [2.05, 4.69) is 50.2 Å². The van der Waals surface area contributed by atoms with Crippen LogP contribution in [0, 0.1) is 11.7 Å². The first-order valence-electron chi connectivity index (χ1n) is 15.1. The van der Waals surface area contributed by atoms with Crippen LogP contribution in [0.4, 0.5) is 4.39 Å². The van der Waals surface area contributed by atoms with E-state index < -0.39 is 0 Å². The van der Waals surface area contributed by atoms with E-state index in [1.54, 1.807) is 6.07 Å². The Hall–Kier alpha value is -2.83. The van der Waals surface area contributed by atoms with Gasteiger partial charge in [0.05, 0.1) is 31.2 Å². The van der Waals surface area contributed by atoms with E-state index in [-0.39, 0.29) is 29.0 Å². The first-order valence-corrected chi connectivity index (χ1v) is 16.4. The molecule has 0 spiro atoms. The van der Waals surface area contributed by atoms with E-state index in [9.17, 15) is 4.39 Å². The molecule has 5 atom stereocenters. The highest BCUT2D eigenvalue weighted by Crippen LogP contribution is 2.49. The zero-order valence-electron chi connectivity index (χ0n) is 25.0. The molecule has 4 aromatic carbocycles. The highest BCUT2D eigenvalue weighted by molar-refractivity contribution is 8.00. The molecule has 1 saturated heterocycles. The molecule has 0 bridgehead atoms. The highest BCUT2D eigenvalue weighted by Gasteiger charge is 2.45. The average Bonchev–Trinajstić information content (AvgIpc) is 3.03. The van der Waals surface area contributed by atoms with Crippen LogP contribution in [0.1, 0.15) is 60.3 Å². The van der Waals surface area contributed by atoms with Gasteiger partial charge in [-0.3, -0.25) is 0 Å². The van der Waals surface area contributed by atoms with Gasteiger partial charge < -0.3 is 14.2 Å². The van der Waals surface area contributed by atoms with E-state index in [0.29, 0.717) is 42.4 Å². The monoisotopic (exact) mass is 618 g/mol. The van der Waals surface area contributed by atoms with Gasteiger partial charge in [-0.1, -0.05) is 104 Å². The van der Waals surface area contributed by atoms with Crippen LogP contribution in [0.2, 0.25) is 5.02 Å². The van der Waals surface area contributed by atoms with Crippen molar-refractivity contribution < 1.29 is 18.6 Å². The molecule has 226 valence electrons. The van der Waals surface area contributed by atoms with Crippen LogP contribution in [0.15, 0.2) is 97.1 Å². The number of thioether (sulfide) groups is 1. The molecule has 0 saturated carbocycles. The molecule has 1 heterocycles. The molecule has 6 heteroatoms. The van der Waals surface area contributed by atoms with Crippen molar-refractivity contribution in [2.45, 2.75) is 69.5 Å². The van der Waals surface area contributed by atoms with Gasteiger partial charge in [0.25, 0.3) is 0 Å². The Kier molecular flexibility index (Phi) is 11.2. The lowest BCUT2D eigenvalue weighted by molar-refractivity contribution is -0.112. The molecule has 4 aromatic rings. The van der Waals surface area contributed by atoms with E-state index in [0.717, 1.165) is 34.2 Å². The molecule has 0 aliphatic carbocycles. The molecular formula is C37H40ClFO3S.